The Hall–Kier alpha value is -2.23. The Morgan fingerprint density at radius 1 is 1.13 bits per heavy atom. The Labute approximate surface area is 125 Å². The standard InChI is InChI=1S/C13H10F6O4/c1-23-9-6-8(4-2-7(9)3-5-10(20)21)11(22,12(14,15)16)13(17,18)19/h2-6,22H,1H3,(H,20,21)/b5-3+. The van der Waals surface area contributed by atoms with Crippen molar-refractivity contribution >= 4 is 12.0 Å². The van der Waals surface area contributed by atoms with Crippen LogP contribution >= 0.6 is 0 Å². The van der Waals surface area contributed by atoms with E-state index in [9.17, 15) is 36.2 Å². The van der Waals surface area contributed by atoms with Gasteiger partial charge in [0.25, 0.3) is 5.60 Å². The van der Waals surface area contributed by atoms with Crippen LogP contribution in [0.4, 0.5) is 26.3 Å². The highest BCUT2D eigenvalue weighted by Gasteiger charge is 2.71. The van der Waals surface area contributed by atoms with Crippen LogP contribution < -0.4 is 4.74 Å². The fourth-order valence-electron chi connectivity index (χ4n) is 1.72. The highest BCUT2D eigenvalue weighted by Crippen LogP contribution is 2.50. The molecule has 0 atom stereocenters. The highest BCUT2D eigenvalue weighted by molar-refractivity contribution is 5.85. The van der Waals surface area contributed by atoms with E-state index in [2.05, 4.69) is 4.74 Å². The molecule has 0 aliphatic carbocycles. The monoisotopic (exact) mass is 344 g/mol. The molecule has 4 nitrogen and oxygen atoms in total. The maximum Gasteiger partial charge on any atom is 0.430 e. The van der Waals surface area contributed by atoms with E-state index < -0.39 is 35.2 Å². The number of benzene rings is 1. The lowest BCUT2D eigenvalue weighted by atomic mass is 9.91. The van der Waals surface area contributed by atoms with E-state index in [1.807, 2.05) is 0 Å². The van der Waals surface area contributed by atoms with Crippen LogP contribution in [0.1, 0.15) is 11.1 Å². The summed E-state index contributed by atoms with van der Waals surface area (Å²) in [6, 6.07) is 1.52. The summed E-state index contributed by atoms with van der Waals surface area (Å²) in [7, 11) is 0.970. The first-order chi connectivity index (χ1) is 10.3. The van der Waals surface area contributed by atoms with Gasteiger partial charge in [-0.15, -0.1) is 0 Å². The number of carboxylic acid groups (broad SMARTS) is 1. The van der Waals surface area contributed by atoms with Gasteiger partial charge >= 0.3 is 18.3 Å². The molecular formula is C13H10F6O4. The minimum absolute atomic E-state index is 0.0784. The first kappa shape index (κ1) is 18.8. The quantitative estimate of drug-likeness (QED) is 0.651. The van der Waals surface area contributed by atoms with Gasteiger partial charge in [0.15, 0.2) is 0 Å². The normalized spacial score (nSPS) is 13.4. The van der Waals surface area contributed by atoms with Gasteiger partial charge in [-0.3, -0.25) is 0 Å². The molecule has 0 amide bonds. The van der Waals surface area contributed by atoms with Crippen molar-refractivity contribution < 1.29 is 46.1 Å². The summed E-state index contributed by atoms with van der Waals surface area (Å²) in [6.07, 6.45) is -10.5. The van der Waals surface area contributed by atoms with Crippen LogP contribution in [0.5, 0.6) is 5.75 Å². The average Bonchev–Trinajstić information content (AvgIpc) is 2.41. The zero-order valence-corrected chi connectivity index (χ0v) is 11.4. The Morgan fingerprint density at radius 2 is 1.65 bits per heavy atom. The molecule has 1 rings (SSSR count). The number of rotatable bonds is 4. The molecule has 1 aromatic rings. The van der Waals surface area contributed by atoms with Crippen molar-refractivity contribution in [2.75, 3.05) is 7.11 Å². The molecule has 0 unspecified atom stereocenters. The maximum absolute atomic E-state index is 12.8. The molecule has 2 N–H and O–H groups in total. The second kappa shape index (κ2) is 6.11. The van der Waals surface area contributed by atoms with Crippen molar-refractivity contribution in [3.63, 3.8) is 0 Å². The third kappa shape index (κ3) is 3.58. The number of aliphatic hydroxyl groups is 1. The van der Waals surface area contributed by atoms with Gasteiger partial charge in [0.2, 0.25) is 0 Å². The zero-order valence-electron chi connectivity index (χ0n) is 11.4. The van der Waals surface area contributed by atoms with E-state index in [1.165, 1.54) is 0 Å². The van der Waals surface area contributed by atoms with Crippen molar-refractivity contribution in [1.82, 2.24) is 0 Å². The lowest BCUT2D eigenvalue weighted by molar-refractivity contribution is -0.376. The van der Waals surface area contributed by atoms with Crippen LogP contribution in [0.2, 0.25) is 0 Å². The minimum Gasteiger partial charge on any atom is -0.496 e. The summed E-state index contributed by atoms with van der Waals surface area (Å²) in [5, 5.41) is 17.7. The molecule has 23 heavy (non-hydrogen) atoms. The van der Waals surface area contributed by atoms with Crippen LogP contribution in [0.25, 0.3) is 6.08 Å². The topological polar surface area (TPSA) is 66.8 Å². The number of hydrogen-bond acceptors (Lipinski definition) is 3. The van der Waals surface area contributed by atoms with Crippen LogP contribution in [-0.2, 0) is 10.4 Å². The third-order valence-electron chi connectivity index (χ3n) is 2.88. The Balaban J connectivity index is 3.51. The molecule has 0 saturated heterocycles. The van der Waals surface area contributed by atoms with Crippen molar-refractivity contribution in [1.29, 1.82) is 0 Å². The largest absolute Gasteiger partial charge is 0.496 e. The highest BCUT2D eigenvalue weighted by atomic mass is 19.4. The molecule has 0 aromatic heterocycles. The molecule has 10 heteroatoms. The van der Waals surface area contributed by atoms with Gasteiger partial charge in [0.1, 0.15) is 5.75 Å². The van der Waals surface area contributed by atoms with Crippen LogP contribution in [0.3, 0.4) is 0 Å². The number of halogens is 6. The van der Waals surface area contributed by atoms with Crippen LogP contribution in [0.15, 0.2) is 24.3 Å². The van der Waals surface area contributed by atoms with Crippen LogP contribution in [-0.4, -0.2) is 35.6 Å². The molecule has 128 valence electrons. The number of hydrogen-bond donors (Lipinski definition) is 2. The molecule has 0 aliphatic heterocycles. The van der Waals surface area contributed by atoms with Gasteiger partial charge in [-0.2, -0.15) is 26.3 Å². The van der Waals surface area contributed by atoms with Gasteiger partial charge in [-0.25, -0.2) is 4.79 Å². The summed E-state index contributed by atoms with van der Waals surface area (Å²) >= 11 is 0. The Kier molecular flexibility index (Phi) is 5.00. The van der Waals surface area contributed by atoms with Gasteiger partial charge in [0.05, 0.1) is 7.11 Å². The molecule has 0 bridgehead atoms. The smallest absolute Gasteiger partial charge is 0.430 e. The minimum atomic E-state index is -6.02. The van der Waals surface area contributed by atoms with Crippen molar-refractivity contribution in [2.45, 2.75) is 18.0 Å². The summed E-state index contributed by atoms with van der Waals surface area (Å²) < 4.78 is 81.3. The van der Waals surface area contributed by atoms with E-state index >= 15 is 0 Å². The average molecular weight is 344 g/mol. The van der Waals surface area contributed by atoms with Gasteiger partial charge in [0, 0.05) is 17.2 Å². The molecule has 0 spiro atoms. The van der Waals surface area contributed by atoms with Gasteiger partial charge < -0.3 is 14.9 Å². The Bertz CT molecular complexity index is 604. The summed E-state index contributed by atoms with van der Waals surface area (Å²) in [5.74, 6) is -1.84. The number of methoxy groups -OCH3 is 1. The number of carbonyl (C=O) groups is 1. The van der Waals surface area contributed by atoms with Crippen molar-refractivity contribution in [3.8, 4) is 5.75 Å². The molecule has 0 saturated carbocycles. The first-order valence-corrected chi connectivity index (χ1v) is 5.80. The van der Waals surface area contributed by atoms with Gasteiger partial charge in [-0.05, 0) is 12.1 Å². The zero-order chi connectivity index (χ0) is 18.1. The van der Waals surface area contributed by atoms with E-state index in [0.717, 1.165) is 19.3 Å². The molecule has 1 aromatic carbocycles. The molecule has 0 fully saturated rings. The number of aliphatic carboxylic acids is 1. The predicted octanol–water partition coefficient (Wildman–Crippen LogP) is 3.11. The second-order valence-electron chi connectivity index (χ2n) is 4.33. The number of carboxylic acids is 1. The van der Waals surface area contributed by atoms with Crippen LogP contribution in [0, 0.1) is 0 Å². The van der Waals surface area contributed by atoms with Gasteiger partial charge in [-0.1, -0.05) is 12.1 Å². The molecule has 0 aliphatic rings. The Morgan fingerprint density at radius 3 is 2.04 bits per heavy atom. The fraction of sp³-hybridized carbons (Fsp3) is 0.308. The van der Waals surface area contributed by atoms with Crippen molar-refractivity contribution in [3.05, 3.63) is 35.4 Å². The maximum atomic E-state index is 12.8. The summed E-state index contributed by atoms with van der Waals surface area (Å²) in [6.45, 7) is 0. The van der Waals surface area contributed by atoms with E-state index in [0.29, 0.717) is 18.2 Å². The van der Waals surface area contributed by atoms with E-state index in [4.69, 9.17) is 5.11 Å². The summed E-state index contributed by atoms with van der Waals surface area (Å²) in [5.41, 5.74) is -6.66. The fourth-order valence-corrected chi connectivity index (χ4v) is 1.72. The lowest BCUT2D eigenvalue weighted by Crippen LogP contribution is -2.53. The number of ether oxygens (including phenoxy) is 1. The molecule has 0 heterocycles. The predicted molar refractivity (Wildman–Crippen MR) is 65.7 cm³/mol. The molecule has 0 radical (unpaired) electrons. The third-order valence-corrected chi connectivity index (χ3v) is 2.88. The summed E-state index contributed by atoms with van der Waals surface area (Å²) in [4.78, 5) is 10.4. The first-order valence-electron chi connectivity index (χ1n) is 5.80. The van der Waals surface area contributed by atoms with Crippen molar-refractivity contribution in [2.24, 2.45) is 0 Å². The molecular weight excluding hydrogens is 334 g/mol. The second-order valence-corrected chi connectivity index (χ2v) is 4.33. The number of alkyl halides is 6. The van der Waals surface area contributed by atoms with E-state index in [-0.39, 0.29) is 5.56 Å². The lowest BCUT2D eigenvalue weighted by Gasteiger charge is -2.32. The SMILES string of the molecule is COc1cc(C(O)(C(F)(F)F)C(F)(F)F)ccc1/C=C/C(=O)O. The van der Waals surface area contributed by atoms with E-state index in [1.54, 1.807) is 0 Å².